The fourth-order valence-corrected chi connectivity index (χ4v) is 2.73. The van der Waals surface area contributed by atoms with Crippen LogP contribution in [0.25, 0.3) is 0 Å². The zero-order chi connectivity index (χ0) is 18.5. The molecule has 3 rings (SSSR count). The molecule has 5 heteroatoms. The number of esters is 1. The van der Waals surface area contributed by atoms with Gasteiger partial charge in [0.1, 0.15) is 0 Å². The van der Waals surface area contributed by atoms with E-state index in [4.69, 9.17) is 22.1 Å². The Hall–Kier alpha value is -3.11. The van der Waals surface area contributed by atoms with Gasteiger partial charge in [-0.1, -0.05) is 72.3 Å². The number of nitrogen functional groups attached to an aromatic ring is 1. The maximum atomic E-state index is 12.9. The Morgan fingerprint density at radius 2 is 1.50 bits per heavy atom. The number of ketones is 1. The van der Waals surface area contributed by atoms with Crippen LogP contribution in [-0.2, 0) is 4.74 Å². The number of rotatable bonds is 5. The Kier molecular flexibility index (Phi) is 5.34. The standard InChI is InChI=1S/C21H16ClNO3/c22-16-11-12-17(18(23)13-16)21(25)26-20(15-9-5-2-6-10-15)19(24)14-7-3-1-4-8-14/h1-13,20H,23H2. The van der Waals surface area contributed by atoms with Gasteiger partial charge in [-0.3, -0.25) is 4.79 Å². The highest BCUT2D eigenvalue weighted by molar-refractivity contribution is 6.31. The van der Waals surface area contributed by atoms with Crippen molar-refractivity contribution in [1.29, 1.82) is 0 Å². The minimum atomic E-state index is -1.07. The molecule has 130 valence electrons. The molecule has 0 aliphatic carbocycles. The number of nitrogens with two attached hydrogens (primary N) is 1. The molecular weight excluding hydrogens is 350 g/mol. The minimum Gasteiger partial charge on any atom is -0.445 e. The average molecular weight is 366 g/mol. The minimum absolute atomic E-state index is 0.163. The monoisotopic (exact) mass is 365 g/mol. The van der Waals surface area contributed by atoms with Crippen molar-refractivity contribution in [3.63, 3.8) is 0 Å². The van der Waals surface area contributed by atoms with E-state index in [1.807, 2.05) is 12.1 Å². The van der Waals surface area contributed by atoms with Crippen LogP contribution in [0.2, 0.25) is 5.02 Å². The van der Waals surface area contributed by atoms with Crippen LogP contribution in [-0.4, -0.2) is 11.8 Å². The molecule has 3 aromatic rings. The highest BCUT2D eigenvalue weighted by Gasteiger charge is 2.27. The highest BCUT2D eigenvalue weighted by atomic mass is 35.5. The molecule has 4 nitrogen and oxygen atoms in total. The summed E-state index contributed by atoms with van der Waals surface area (Å²) in [5, 5.41) is 0.416. The molecule has 0 saturated carbocycles. The summed E-state index contributed by atoms with van der Waals surface area (Å²) in [5.74, 6) is -0.991. The van der Waals surface area contributed by atoms with Crippen molar-refractivity contribution in [1.82, 2.24) is 0 Å². The van der Waals surface area contributed by atoms with Gasteiger partial charge in [-0.15, -0.1) is 0 Å². The topological polar surface area (TPSA) is 69.4 Å². The van der Waals surface area contributed by atoms with Crippen LogP contribution in [0.5, 0.6) is 0 Å². The van der Waals surface area contributed by atoms with E-state index in [1.54, 1.807) is 54.6 Å². The first-order valence-corrected chi connectivity index (χ1v) is 8.34. The van der Waals surface area contributed by atoms with Crippen LogP contribution in [0, 0.1) is 0 Å². The van der Waals surface area contributed by atoms with E-state index < -0.39 is 12.1 Å². The zero-order valence-electron chi connectivity index (χ0n) is 13.8. The number of ether oxygens (including phenoxy) is 1. The lowest BCUT2D eigenvalue weighted by Crippen LogP contribution is -2.21. The Bertz CT molecular complexity index is 927. The molecule has 0 spiro atoms. The molecule has 3 aromatic carbocycles. The van der Waals surface area contributed by atoms with Crippen LogP contribution < -0.4 is 5.73 Å². The second-order valence-electron chi connectivity index (χ2n) is 5.66. The van der Waals surface area contributed by atoms with Crippen molar-refractivity contribution in [3.8, 4) is 0 Å². The number of benzene rings is 3. The summed E-state index contributed by atoms with van der Waals surface area (Å²) in [6.07, 6.45) is -1.07. The number of Topliss-reactive ketones (excluding diaryl/α,β-unsaturated/α-hetero) is 1. The third kappa shape index (κ3) is 3.92. The molecule has 0 saturated heterocycles. The van der Waals surface area contributed by atoms with E-state index in [9.17, 15) is 9.59 Å². The van der Waals surface area contributed by atoms with Crippen molar-refractivity contribution in [2.45, 2.75) is 6.10 Å². The van der Waals surface area contributed by atoms with Crippen LogP contribution in [0.1, 0.15) is 32.4 Å². The van der Waals surface area contributed by atoms with Crippen LogP contribution in [0.15, 0.2) is 78.9 Å². The van der Waals surface area contributed by atoms with Crippen molar-refractivity contribution < 1.29 is 14.3 Å². The molecule has 0 amide bonds. The molecule has 0 heterocycles. The van der Waals surface area contributed by atoms with Gasteiger partial charge in [0.25, 0.3) is 0 Å². The van der Waals surface area contributed by atoms with Gasteiger partial charge in [0.2, 0.25) is 5.78 Å². The van der Waals surface area contributed by atoms with Crippen molar-refractivity contribution in [3.05, 3.63) is 101 Å². The summed E-state index contributed by atoms with van der Waals surface area (Å²) >= 11 is 5.87. The third-order valence-corrected chi connectivity index (χ3v) is 4.09. The summed E-state index contributed by atoms with van der Waals surface area (Å²) < 4.78 is 5.55. The van der Waals surface area contributed by atoms with Gasteiger partial charge in [0.05, 0.1) is 5.56 Å². The van der Waals surface area contributed by atoms with Gasteiger partial charge in [-0.25, -0.2) is 4.79 Å². The molecule has 0 aliphatic rings. The number of anilines is 1. The lowest BCUT2D eigenvalue weighted by molar-refractivity contribution is 0.0281. The first-order valence-electron chi connectivity index (χ1n) is 7.96. The van der Waals surface area contributed by atoms with Crippen molar-refractivity contribution in [2.75, 3.05) is 5.73 Å². The number of carbonyl (C=O) groups is 2. The van der Waals surface area contributed by atoms with Gasteiger partial charge in [0.15, 0.2) is 6.10 Å². The van der Waals surface area contributed by atoms with Gasteiger partial charge in [-0.2, -0.15) is 0 Å². The predicted octanol–water partition coefficient (Wildman–Crippen LogP) is 4.70. The van der Waals surface area contributed by atoms with Crippen LogP contribution in [0.4, 0.5) is 5.69 Å². The molecule has 0 aliphatic heterocycles. The summed E-state index contributed by atoms with van der Waals surface area (Å²) in [5.41, 5.74) is 7.25. The Balaban J connectivity index is 1.94. The van der Waals surface area contributed by atoms with Gasteiger partial charge >= 0.3 is 5.97 Å². The summed E-state index contributed by atoms with van der Waals surface area (Å²) in [6, 6.07) is 22.1. The third-order valence-electron chi connectivity index (χ3n) is 3.86. The molecule has 26 heavy (non-hydrogen) atoms. The lowest BCUT2D eigenvalue weighted by Gasteiger charge is -2.18. The van der Waals surface area contributed by atoms with Crippen LogP contribution >= 0.6 is 11.6 Å². The normalized spacial score (nSPS) is 11.6. The molecule has 2 N–H and O–H groups in total. The van der Waals surface area contributed by atoms with Crippen molar-refractivity contribution >= 4 is 29.0 Å². The number of carbonyl (C=O) groups excluding carboxylic acids is 2. The quantitative estimate of drug-likeness (QED) is 0.404. The average Bonchev–Trinajstić information content (AvgIpc) is 2.67. The van der Waals surface area contributed by atoms with Gasteiger partial charge in [-0.05, 0) is 18.2 Å². The Labute approximate surface area is 156 Å². The molecule has 0 radical (unpaired) electrons. The second-order valence-corrected chi connectivity index (χ2v) is 6.09. The first-order chi connectivity index (χ1) is 12.6. The predicted molar refractivity (Wildman–Crippen MR) is 101 cm³/mol. The summed E-state index contributed by atoms with van der Waals surface area (Å²) in [7, 11) is 0. The Morgan fingerprint density at radius 1 is 0.885 bits per heavy atom. The maximum Gasteiger partial charge on any atom is 0.341 e. The number of hydrogen-bond donors (Lipinski definition) is 1. The summed E-state index contributed by atoms with van der Waals surface area (Å²) in [4.78, 5) is 25.5. The molecule has 1 unspecified atom stereocenters. The highest BCUT2D eigenvalue weighted by Crippen LogP contribution is 2.26. The zero-order valence-corrected chi connectivity index (χ0v) is 14.5. The molecule has 0 bridgehead atoms. The van der Waals surface area contributed by atoms with E-state index in [-0.39, 0.29) is 17.0 Å². The maximum absolute atomic E-state index is 12.9. The summed E-state index contributed by atoms with van der Waals surface area (Å²) in [6.45, 7) is 0. The fraction of sp³-hybridized carbons (Fsp3) is 0.0476. The van der Waals surface area contributed by atoms with Gasteiger partial charge < -0.3 is 10.5 Å². The largest absolute Gasteiger partial charge is 0.445 e. The van der Waals surface area contributed by atoms with E-state index in [0.717, 1.165) is 0 Å². The van der Waals surface area contributed by atoms with Crippen LogP contribution in [0.3, 0.4) is 0 Å². The molecule has 0 aromatic heterocycles. The lowest BCUT2D eigenvalue weighted by atomic mass is 9.99. The second kappa shape index (κ2) is 7.85. The number of hydrogen-bond acceptors (Lipinski definition) is 4. The molecule has 0 fully saturated rings. The first kappa shape index (κ1) is 17.7. The van der Waals surface area contributed by atoms with Crippen molar-refractivity contribution in [2.24, 2.45) is 0 Å². The van der Waals surface area contributed by atoms with E-state index in [2.05, 4.69) is 0 Å². The Morgan fingerprint density at radius 3 is 2.12 bits per heavy atom. The fourth-order valence-electron chi connectivity index (χ4n) is 2.54. The molecular formula is C21H16ClNO3. The SMILES string of the molecule is Nc1cc(Cl)ccc1C(=O)OC(C(=O)c1ccccc1)c1ccccc1. The van der Waals surface area contributed by atoms with Gasteiger partial charge in [0, 0.05) is 21.8 Å². The van der Waals surface area contributed by atoms with E-state index >= 15 is 0 Å². The number of halogens is 1. The van der Waals surface area contributed by atoms with E-state index in [0.29, 0.717) is 16.1 Å². The molecule has 1 atom stereocenters. The smallest absolute Gasteiger partial charge is 0.341 e. The van der Waals surface area contributed by atoms with E-state index in [1.165, 1.54) is 12.1 Å².